The van der Waals surface area contributed by atoms with E-state index in [1.54, 1.807) is 23.3 Å². The second kappa shape index (κ2) is 7.17. The van der Waals surface area contributed by atoms with Gasteiger partial charge in [-0.2, -0.15) is 5.10 Å². The van der Waals surface area contributed by atoms with Crippen molar-refractivity contribution in [3.05, 3.63) is 53.9 Å². The Labute approximate surface area is 126 Å². The van der Waals surface area contributed by atoms with Gasteiger partial charge < -0.3 is 5.32 Å². The van der Waals surface area contributed by atoms with Crippen molar-refractivity contribution in [1.82, 2.24) is 15.1 Å². The van der Waals surface area contributed by atoms with Crippen molar-refractivity contribution < 1.29 is 9.00 Å². The lowest BCUT2D eigenvalue weighted by Gasteiger charge is -2.17. The number of amides is 1. The summed E-state index contributed by atoms with van der Waals surface area (Å²) < 4.78 is 13.2. The van der Waals surface area contributed by atoms with Crippen molar-refractivity contribution in [2.75, 3.05) is 12.0 Å². The summed E-state index contributed by atoms with van der Waals surface area (Å²) >= 11 is 0. The van der Waals surface area contributed by atoms with Crippen LogP contribution in [0.2, 0.25) is 0 Å². The quantitative estimate of drug-likeness (QED) is 0.884. The summed E-state index contributed by atoms with van der Waals surface area (Å²) in [6.07, 6.45) is 4.89. The van der Waals surface area contributed by atoms with Crippen LogP contribution in [0.1, 0.15) is 28.9 Å². The molecule has 0 radical (unpaired) electrons. The van der Waals surface area contributed by atoms with E-state index in [2.05, 4.69) is 10.4 Å². The van der Waals surface area contributed by atoms with Crippen molar-refractivity contribution in [3.63, 3.8) is 0 Å². The molecule has 1 N–H and O–H groups in total. The maximum absolute atomic E-state index is 12.3. The van der Waals surface area contributed by atoms with Crippen LogP contribution in [0.15, 0.2) is 42.7 Å². The van der Waals surface area contributed by atoms with Crippen molar-refractivity contribution in [2.24, 2.45) is 0 Å². The molecule has 5 nitrogen and oxygen atoms in total. The maximum Gasteiger partial charge on any atom is 0.254 e. The molecule has 0 fully saturated rings. The van der Waals surface area contributed by atoms with Crippen LogP contribution in [-0.2, 0) is 17.3 Å². The Morgan fingerprint density at radius 2 is 2.10 bits per heavy atom. The van der Waals surface area contributed by atoms with E-state index in [9.17, 15) is 9.00 Å². The minimum absolute atomic E-state index is 0.200. The molecule has 1 amide bonds. The lowest BCUT2D eigenvalue weighted by molar-refractivity contribution is 0.0940. The van der Waals surface area contributed by atoms with Crippen molar-refractivity contribution in [1.29, 1.82) is 0 Å². The molecule has 0 saturated carbocycles. The Morgan fingerprint density at radius 3 is 2.67 bits per heavy atom. The first kappa shape index (κ1) is 15.4. The minimum atomic E-state index is -1.00. The number of hydrogen-bond donors (Lipinski definition) is 1. The summed E-state index contributed by atoms with van der Waals surface area (Å²) in [4.78, 5) is 12.3. The average molecular weight is 305 g/mol. The zero-order chi connectivity index (χ0) is 15.2. The first-order valence-electron chi connectivity index (χ1n) is 6.78. The second-order valence-electron chi connectivity index (χ2n) is 4.76. The molecule has 21 heavy (non-hydrogen) atoms. The van der Waals surface area contributed by atoms with Gasteiger partial charge in [-0.05, 0) is 12.5 Å². The molecule has 1 aromatic heterocycles. The number of benzene rings is 1. The first-order chi connectivity index (χ1) is 10.1. The number of rotatable bonds is 6. The van der Waals surface area contributed by atoms with Gasteiger partial charge in [0.1, 0.15) is 0 Å². The van der Waals surface area contributed by atoms with Gasteiger partial charge in [0.15, 0.2) is 0 Å². The Morgan fingerprint density at radius 1 is 1.38 bits per heavy atom. The molecule has 112 valence electrons. The fourth-order valence-electron chi connectivity index (χ4n) is 2.04. The Kier molecular flexibility index (Phi) is 5.27. The Hall–Kier alpha value is -1.95. The highest BCUT2D eigenvalue weighted by Gasteiger charge is 2.18. The van der Waals surface area contributed by atoms with Crippen LogP contribution in [-0.4, -0.2) is 31.9 Å². The highest BCUT2D eigenvalue weighted by Crippen LogP contribution is 2.14. The summed E-state index contributed by atoms with van der Waals surface area (Å²) in [5.74, 6) is 0.187. The molecule has 0 unspecified atom stereocenters. The molecule has 2 rings (SSSR count). The van der Waals surface area contributed by atoms with Gasteiger partial charge in [-0.3, -0.25) is 13.7 Å². The van der Waals surface area contributed by atoms with Gasteiger partial charge in [-0.25, -0.2) is 0 Å². The number of hydrogen-bond acceptors (Lipinski definition) is 3. The lowest BCUT2D eigenvalue weighted by Crippen LogP contribution is -2.31. The summed E-state index contributed by atoms with van der Waals surface area (Å²) in [6.45, 7) is 2.68. The monoisotopic (exact) mass is 305 g/mol. The van der Waals surface area contributed by atoms with Crippen LogP contribution in [0.3, 0.4) is 0 Å². The van der Waals surface area contributed by atoms with Crippen LogP contribution in [0.25, 0.3) is 0 Å². The molecular formula is C15H19N3O2S. The van der Waals surface area contributed by atoms with E-state index in [4.69, 9.17) is 0 Å². The summed E-state index contributed by atoms with van der Waals surface area (Å²) in [5, 5.41) is 7.03. The van der Waals surface area contributed by atoms with E-state index in [1.165, 1.54) is 0 Å². The topological polar surface area (TPSA) is 64.0 Å². The number of carbonyl (C=O) groups excluding carboxylic acids is 1. The molecule has 0 bridgehead atoms. The van der Waals surface area contributed by atoms with Gasteiger partial charge in [-0.15, -0.1) is 0 Å². The highest BCUT2D eigenvalue weighted by molar-refractivity contribution is 7.84. The van der Waals surface area contributed by atoms with Crippen LogP contribution in [0, 0.1) is 0 Å². The zero-order valence-electron chi connectivity index (χ0n) is 12.2. The predicted octanol–water partition coefficient (Wildman–Crippen LogP) is 1.75. The number of aromatic nitrogens is 2. The van der Waals surface area contributed by atoms with Crippen LogP contribution >= 0.6 is 0 Å². The van der Waals surface area contributed by atoms with E-state index >= 15 is 0 Å². The molecule has 0 aliphatic carbocycles. The van der Waals surface area contributed by atoms with Crippen molar-refractivity contribution in [3.8, 4) is 0 Å². The Balaban J connectivity index is 2.14. The molecule has 2 atom stereocenters. The van der Waals surface area contributed by atoms with E-state index in [0.717, 1.165) is 5.56 Å². The molecule has 0 aliphatic heterocycles. The Bertz CT molecular complexity index is 625. The number of nitrogens with zero attached hydrogens (tertiary/aromatic N) is 2. The van der Waals surface area contributed by atoms with Gasteiger partial charge in [0.05, 0.1) is 17.8 Å². The van der Waals surface area contributed by atoms with Gasteiger partial charge in [0, 0.05) is 35.5 Å². The van der Waals surface area contributed by atoms with Gasteiger partial charge in [0.2, 0.25) is 0 Å². The molecule has 0 spiro atoms. The van der Waals surface area contributed by atoms with E-state index in [0.29, 0.717) is 17.9 Å². The molecule has 0 aliphatic rings. The third-order valence-electron chi connectivity index (χ3n) is 3.13. The van der Waals surface area contributed by atoms with Crippen LogP contribution < -0.4 is 5.32 Å². The third kappa shape index (κ3) is 4.26. The fraction of sp³-hybridized carbons (Fsp3) is 0.333. The van der Waals surface area contributed by atoms with E-state index < -0.39 is 10.8 Å². The summed E-state index contributed by atoms with van der Waals surface area (Å²) in [5.41, 5.74) is 1.46. The largest absolute Gasteiger partial charge is 0.344 e. The van der Waals surface area contributed by atoms with Crippen LogP contribution in [0.4, 0.5) is 0 Å². The second-order valence-corrected chi connectivity index (χ2v) is 6.24. The molecule has 0 saturated heterocycles. The normalized spacial score (nSPS) is 13.6. The fourth-order valence-corrected chi connectivity index (χ4v) is 2.78. The zero-order valence-corrected chi connectivity index (χ0v) is 13.0. The smallest absolute Gasteiger partial charge is 0.254 e. The van der Waals surface area contributed by atoms with Gasteiger partial charge >= 0.3 is 0 Å². The number of carbonyl (C=O) groups is 1. The standard InChI is InChI=1S/C15H19N3O2S/c1-3-18-10-13(9-16-18)15(19)17-14(11-21(2)20)12-7-5-4-6-8-12/h4-10,14H,3,11H2,1-2H3,(H,17,19)/t14-,21+/m0/s1. The predicted molar refractivity (Wildman–Crippen MR) is 83.5 cm³/mol. The highest BCUT2D eigenvalue weighted by atomic mass is 32.2. The molecule has 1 heterocycles. The van der Waals surface area contributed by atoms with E-state index in [-0.39, 0.29) is 11.9 Å². The SMILES string of the molecule is CCn1cc(C(=O)N[C@@H](C[S@@](C)=O)c2ccccc2)cn1. The lowest BCUT2D eigenvalue weighted by atomic mass is 10.1. The maximum atomic E-state index is 12.3. The third-order valence-corrected chi connectivity index (χ3v) is 3.93. The van der Waals surface area contributed by atoms with Gasteiger partial charge in [-0.1, -0.05) is 30.3 Å². The van der Waals surface area contributed by atoms with Crippen molar-refractivity contribution in [2.45, 2.75) is 19.5 Å². The van der Waals surface area contributed by atoms with Crippen molar-refractivity contribution >= 4 is 16.7 Å². The number of aryl methyl sites for hydroxylation is 1. The average Bonchev–Trinajstić information content (AvgIpc) is 2.96. The van der Waals surface area contributed by atoms with Gasteiger partial charge in [0.25, 0.3) is 5.91 Å². The molecule has 1 aromatic carbocycles. The van der Waals surface area contributed by atoms with E-state index in [1.807, 2.05) is 37.3 Å². The summed E-state index contributed by atoms with van der Waals surface area (Å²) in [6, 6.07) is 9.30. The molecule has 6 heteroatoms. The number of nitrogens with one attached hydrogen (secondary N) is 1. The summed E-state index contributed by atoms with van der Waals surface area (Å²) in [7, 11) is -1.00. The minimum Gasteiger partial charge on any atom is -0.344 e. The van der Waals surface area contributed by atoms with Crippen LogP contribution in [0.5, 0.6) is 0 Å². The first-order valence-corrected chi connectivity index (χ1v) is 8.51. The molecule has 2 aromatic rings. The molecular weight excluding hydrogens is 286 g/mol.